The first-order chi connectivity index (χ1) is 8.49. The van der Waals surface area contributed by atoms with Crippen LogP contribution in [-0.2, 0) is 9.59 Å². The van der Waals surface area contributed by atoms with Crippen LogP contribution in [0.4, 0.5) is 0 Å². The summed E-state index contributed by atoms with van der Waals surface area (Å²) >= 11 is 5.66. The molecule has 0 aliphatic carbocycles. The molecule has 1 aromatic rings. The zero-order valence-corrected chi connectivity index (χ0v) is 9.99. The predicted molar refractivity (Wildman–Crippen MR) is 61.8 cm³/mol. The first kappa shape index (κ1) is 14.0. The SMILES string of the molecule is O=C([O-])CNC(=O)CNC(=O)c1ccc(Cl)cc1. The van der Waals surface area contributed by atoms with Crippen molar-refractivity contribution in [1.29, 1.82) is 0 Å². The third-order valence-electron chi connectivity index (χ3n) is 1.95. The maximum Gasteiger partial charge on any atom is 0.251 e. The molecule has 7 heteroatoms. The number of rotatable bonds is 5. The van der Waals surface area contributed by atoms with Crippen LogP contribution in [0.1, 0.15) is 10.4 Å². The van der Waals surface area contributed by atoms with Gasteiger partial charge in [-0.1, -0.05) is 11.6 Å². The molecule has 6 nitrogen and oxygen atoms in total. The van der Waals surface area contributed by atoms with Crippen molar-refractivity contribution in [1.82, 2.24) is 10.6 Å². The summed E-state index contributed by atoms with van der Waals surface area (Å²) in [5.74, 6) is -2.45. The van der Waals surface area contributed by atoms with Crippen molar-refractivity contribution >= 4 is 29.4 Å². The van der Waals surface area contributed by atoms with Crippen LogP contribution in [0.15, 0.2) is 24.3 Å². The molecule has 96 valence electrons. The highest BCUT2D eigenvalue weighted by molar-refractivity contribution is 6.30. The van der Waals surface area contributed by atoms with Gasteiger partial charge in [-0.25, -0.2) is 0 Å². The molecule has 0 bridgehead atoms. The van der Waals surface area contributed by atoms with Gasteiger partial charge in [-0.2, -0.15) is 0 Å². The Balaban J connectivity index is 2.39. The lowest BCUT2D eigenvalue weighted by atomic mass is 10.2. The lowest BCUT2D eigenvalue weighted by Crippen LogP contribution is -2.42. The van der Waals surface area contributed by atoms with Crippen molar-refractivity contribution in [3.05, 3.63) is 34.9 Å². The highest BCUT2D eigenvalue weighted by Crippen LogP contribution is 2.08. The molecular formula is C11H10ClN2O4-. The Morgan fingerprint density at radius 3 is 2.22 bits per heavy atom. The Morgan fingerprint density at radius 2 is 1.67 bits per heavy atom. The maximum absolute atomic E-state index is 11.5. The third-order valence-corrected chi connectivity index (χ3v) is 2.20. The van der Waals surface area contributed by atoms with Gasteiger partial charge in [-0.3, -0.25) is 9.59 Å². The van der Waals surface area contributed by atoms with Crippen molar-refractivity contribution in [2.24, 2.45) is 0 Å². The van der Waals surface area contributed by atoms with Crippen LogP contribution in [0.25, 0.3) is 0 Å². The van der Waals surface area contributed by atoms with Gasteiger partial charge in [-0.05, 0) is 24.3 Å². The Kier molecular flexibility index (Phi) is 5.13. The molecule has 1 rings (SSSR count). The topological polar surface area (TPSA) is 98.3 Å². The lowest BCUT2D eigenvalue weighted by Gasteiger charge is -2.07. The lowest BCUT2D eigenvalue weighted by molar-refractivity contribution is -0.304. The normalized spacial score (nSPS) is 9.61. The Labute approximate surface area is 108 Å². The van der Waals surface area contributed by atoms with Crippen LogP contribution < -0.4 is 15.7 Å². The largest absolute Gasteiger partial charge is 0.548 e. The van der Waals surface area contributed by atoms with E-state index in [9.17, 15) is 19.5 Å². The van der Waals surface area contributed by atoms with E-state index in [-0.39, 0.29) is 6.54 Å². The number of hydrogen-bond donors (Lipinski definition) is 2. The van der Waals surface area contributed by atoms with Crippen LogP contribution in [0.3, 0.4) is 0 Å². The first-order valence-electron chi connectivity index (χ1n) is 4.99. The monoisotopic (exact) mass is 269 g/mol. The highest BCUT2D eigenvalue weighted by atomic mass is 35.5. The summed E-state index contributed by atoms with van der Waals surface area (Å²) < 4.78 is 0. The van der Waals surface area contributed by atoms with Gasteiger partial charge in [0.15, 0.2) is 0 Å². The number of aliphatic carboxylic acids is 1. The molecular weight excluding hydrogens is 260 g/mol. The molecule has 2 N–H and O–H groups in total. The zero-order chi connectivity index (χ0) is 13.5. The number of halogens is 1. The number of hydrogen-bond acceptors (Lipinski definition) is 4. The minimum absolute atomic E-state index is 0.311. The molecule has 0 aliphatic rings. The maximum atomic E-state index is 11.5. The number of carbonyl (C=O) groups is 3. The fourth-order valence-electron chi connectivity index (χ4n) is 1.10. The molecule has 0 unspecified atom stereocenters. The average molecular weight is 270 g/mol. The molecule has 0 heterocycles. The fraction of sp³-hybridized carbons (Fsp3) is 0.182. The Hall–Kier alpha value is -2.08. The molecule has 0 aliphatic heterocycles. The van der Waals surface area contributed by atoms with Crippen LogP contribution in [0.2, 0.25) is 5.02 Å². The zero-order valence-electron chi connectivity index (χ0n) is 9.23. The second kappa shape index (κ2) is 6.61. The molecule has 0 saturated heterocycles. The van der Waals surface area contributed by atoms with E-state index < -0.39 is 24.3 Å². The van der Waals surface area contributed by atoms with Crippen LogP contribution in [0, 0.1) is 0 Å². The number of carboxylic acid groups (broad SMARTS) is 1. The molecule has 2 amide bonds. The molecule has 18 heavy (non-hydrogen) atoms. The van der Waals surface area contributed by atoms with Gasteiger partial charge in [0.2, 0.25) is 5.91 Å². The summed E-state index contributed by atoms with van der Waals surface area (Å²) in [5, 5.41) is 15.0. The number of nitrogens with one attached hydrogen (secondary N) is 2. The Bertz CT molecular complexity index is 459. The molecule has 0 aromatic heterocycles. The van der Waals surface area contributed by atoms with Crippen molar-refractivity contribution in [2.45, 2.75) is 0 Å². The van der Waals surface area contributed by atoms with Crippen molar-refractivity contribution in [3.63, 3.8) is 0 Å². The van der Waals surface area contributed by atoms with Crippen LogP contribution in [0.5, 0.6) is 0 Å². The van der Waals surface area contributed by atoms with E-state index >= 15 is 0 Å². The highest BCUT2D eigenvalue weighted by Gasteiger charge is 2.07. The van der Waals surface area contributed by atoms with E-state index in [1.54, 1.807) is 12.1 Å². The predicted octanol–water partition coefficient (Wildman–Crippen LogP) is -1.06. The summed E-state index contributed by atoms with van der Waals surface area (Å²) in [6, 6.07) is 6.12. The smallest absolute Gasteiger partial charge is 0.251 e. The minimum Gasteiger partial charge on any atom is -0.548 e. The van der Waals surface area contributed by atoms with E-state index in [0.717, 1.165) is 0 Å². The number of benzene rings is 1. The molecule has 0 spiro atoms. The summed E-state index contributed by atoms with van der Waals surface area (Å²) in [6.07, 6.45) is 0. The van der Waals surface area contributed by atoms with Crippen LogP contribution in [-0.4, -0.2) is 30.9 Å². The number of amides is 2. The summed E-state index contributed by atoms with van der Waals surface area (Å²) in [6.45, 7) is -0.898. The van der Waals surface area contributed by atoms with E-state index in [4.69, 9.17) is 11.6 Å². The molecule has 1 aromatic carbocycles. The molecule has 0 fully saturated rings. The minimum atomic E-state index is -1.40. The third kappa shape index (κ3) is 4.84. The van der Waals surface area contributed by atoms with Gasteiger partial charge >= 0.3 is 0 Å². The van der Waals surface area contributed by atoms with Gasteiger partial charge in [0, 0.05) is 10.6 Å². The summed E-state index contributed by atoms with van der Waals surface area (Å²) in [7, 11) is 0. The molecule has 0 saturated carbocycles. The molecule has 0 atom stereocenters. The van der Waals surface area contributed by atoms with Crippen molar-refractivity contribution in [3.8, 4) is 0 Å². The van der Waals surface area contributed by atoms with E-state index in [1.165, 1.54) is 12.1 Å². The summed E-state index contributed by atoms with van der Waals surface area (Å²) in [5.41, 5.74) is 0.354. The van der Waals surface area contributed by atoms with Gasteiger partial charge in [0.1, 0.15) is 0 Å². The molecule has 0 radical (unpaired) electrons. The van der Waals surface area contributed by atoms with Gasteiger partial charge < -0.3 is 20.5 Å². The summed E-state index contributed by atoms with van der Waals surface area (Å²) in [4.78, 5) is 32.7. The van der Waals surface area contributed by atoms with Gasteiger partial charge in [-0.15, -0.1) is 0 Å². The number of carbonyl (C=O) groups excluding carboxylic acids is 3. The second-order valence-corrected chi connectivity index (χ2v) is 3.77. The fourth-order valence-corrected chi connectivity index (χ4v) is 1.22. The van der Waals surface area contributed by atoms with E-state index in [1.807, 2.05) is 0 Å². The first-order valence-corrected chi connectivity index (χ1v) is 5.37. The second-order valence-electron chi connectivity index (χ2n) is 3.34. The van der Waals surface area contributed by atoms with E-state index in [0.29, 0.717) is 10.6 Å². The Morgan fingerprint density at radius 1 is 1.06 bits per heavy atom. The van der Waals surface area contributed by atoms with Crippen molar-refractivity contribution < 1.29 is 19.5 Å². The number of carboxylic acids is 1. The van der Waals surface area contributed by atoms with Gasteiger partial charge in [0.25, 0.3) is 5.91 Å². The standard InChI is InChI=1S/C11H11ClN2O4/c12-8-3-1-7(2-4-8)11(18)14-5-9(15)13-6-10(16)17/h1-4H,5-6H2,(H,13,15)(H,14,18)(H,16,17)/p-1. The van der Waals surface area contributed by atoms with Crippen LogP contribution >= 0.6 is 11.6 Å². The average Bonchev–Trinajstić information content (AvgIpc) is 2.34. The van der Waals surface area contributed by atoms with Gasteiger partial charge in [0.05, 0.1) is 19.1 Å². The van der Waals surface area contributed by atoms with E-state index in [2.05, 4.69) is 10.6 Å². The van der Waals surface area contributed by atoms with Crippen molar-refractivity contribution in [2.75, 3.05) is 13.1 Å². The quantitative estimate of drug-likeness (QED) is 0.711.